The number of rotatable bonds is 5. The molecule has 1 aliphatic rings. The summed E-state index contributed by atoms with van der Waals surface area (Å²) in [6.45, 7) is 0. The quantitative estimate of drug-likeness (QED) is 0.600. The van der Waals surface area contributed by atoms with Crippen LogP contribution >= 0.6 is 0 Å². The highest BCUT2D eigenvalue weighted by atomic mass is 32.2. The van der Waals surface area contributed by atoms with Gasteiger partial charge in [-0.3, -0.25) is 10.6 Å². The molecule has 0 fully saturated rings. The third-order valence-electron chi connectivity index (χ3n) is 4.66. The number of fused-ring (bicyclic) bond motifs is 1. The molecule has 26 heavy (non-hydrogen) atoms. The maximum absolute atomic E-state index is 11.8. The van der Waals surface area contributed by atoms with Gasteiger partial charge in [0.25, 0.3) is 0 Å². The van der Waals surface area contributed by atoms with E-state index >= 15 is 0 Å². The molecule has 0 spiro atoms. The van der Waals surface area contributed by atoms with Crippen molar-refractivity contribution in [3.8, 4) is 11.1 Å². The number of anilines is 1. The van der Waals surface area contributed by atoms with Crippen LogP contribution in [-0.4, -0.2) is 41.6 Å². The highest BCUT2D eigenvalue weighted by Crippen LogP contribution is 2.34. The van der Waals surface area contributed by atoms with Crippen molar-refractivity contribution in [3.63, 3.8) is 0 Å². The number of nitrogens with one attached hydrogen (secondary N) is 4. The highest BCUT2D eigenvalue weighted by Gasteiger charge is 2.30. The van der Waals surface area contributed by atoms with E-state index < -0.39 is 15.6 Å². The van der Waals surface area contributed by atoms with Crippen molar-refractivity contribution in [3.05, 3.63) is 54.1 Å². The zero-order valence-corrected chi connectivity index (χ0v) is 16.2. The van der Waals surface area contributed by atoms with Gasteiger partial charge in [0, 0.05) is 30.3 Å². The molecule has 138 valence electrons. The maximum atomic E-state index is 11.8. The molecule has 0 radical (unpaired) electrons. The Morgan fingerprint density at radius 3 is 2.27 bits per heavy atom. The van der Waals surface area contributed by atoms with Crippen LogP contribution in [0.2, 0.25) is 0 Å². The van der Waals surface area contributed by atoms with Crippen molar-refractivity contribution in [1.29, 1.82) is 0 Å². The van der Waals surface area contributed by atoms with E-state index in [1.165, 1.54) is 6.26 Å². The normalized spacial score (nSPS) is 15.6. The van der Waals surface area contributed by atoms with Crippen molar-refractivity contribution < 1.29 is 8.42 Å². The van der Waals surface area contributed by atoms with Crippen LogP contribution in [0.1, 0.15) is 5.56 Å². The molecule has 0 amide bonds. The molecule has 2 aromatic carbocycles. The molecule has 0 aromatic heterocycles. The van der Waals surface area contributed by atoms with E-state index in [1.54, 1.807) is 18.2 Å². The Labute approximate surface area is 154 Å². The minimum Gasteiger partial charge on any atom is -0.388 e. The minimum atomic E-state index is -3.24. The lowest BCUT2D eigenvalue weighted by Gasteiger charge is -2.37. The predicted molar refractivity (Wildman–Crippen MR) is 106 cm³/mol. The second-order valence-corrected chi connectivity index (χ2v) is 8.32. The lowest BCUT2D eigenvalue weighted by molar-refractivity contribution is 0.424. The lowest BCUT2D eigenvalue weighted by Crippen LogP contribution is -2.60. The SMILES string of the molecule is CNC1=CC(NC)(NC)Nc2ccc(-c3cccc(S(C)(=O)=O)c3)cc21. The summed E-state index contributed by atoms with van der Waals surface area (Å²) >= 11 is 0. The molecule has 0 saturated carbocycles. The Morgan fingerprint density at radius 1 is 0.962 bits per heavy atom. The van der Waals surface area contributed by atoms with Crippen LogP contribution in [0.3, 0.4) is 0 Å². The Balaban J connectivity index is 2.09. The number of likely N-dealkylation sites (N-methyl/N-ethyl adjacent to an activating group) is 2. The molecule has 1 aliphatic heterocycles. The molecule has 0 saturated heterocycles. The zero-order valence-electron chi connectivity index (χ0n) is 15.3. The van der Waals surface area contributed by atoms with Gasteiger partial charge in [0.1, 0.15) is 0 Å². The van der Waals surface area contributed by atoms with Crippen LogP contribution < -0.4 is 21.3 Å². The first-order chi connectivity index (χ1) is 12.3. The fraction of sp³-hybridized carbons (Fsp3) is 0.263. The first-order valence-corrected chi connectivity index (χ1v) is 10.2. The molecule has 2 aromatic rings. The van der Waals surface area contributed by atoms with E-state index in [9.17, 15) is 8.42 Å². The van der Waals surface area contributed by atoms with Gasteiger partial charge in [0.15, 0.2) is 15.6 Å². The summed E-state index contributed by atoms with van der Waals surface area (Å²) in [5.74, 6) is -0.539. The highest BCUT2D eigenvalue weighted by molar-refractivity contribution is 7.90. The average molecular weight is 372 g/mol. The second kappa shape index (κ2) is 6.75. The molecular formula is C19H24N4O2S. The van der Waals surface area contributed by atoms with Crippen LogP contribution in [0, 0.1) is 0 Å². The Bertz CT molecular complexity index is 963. The molecule has 0 bridgehead atoms. The van der Waals surface area contributed by atoms with Gasteiger partial charge < -0.3 is 10.6 Å². The molecular weight excluding hydrogens is 348 g/mol. The Hall–Kier alpha value is -2.35. The first kappa shape index (κ1) is 18.4. The second-order valence-electron chi connectivity index (χ2n) is 6.30. The summed E-state index contributed by atoms with van der Waals surface area (Å²) in [6.07, 6.45) is 3.27. The molecule has 7 heteroatoms. The average Bonchev–Trinajstić information content (AvgIpc) is 2.66. The van der Waals surface area contributed by atoms with Gasteiger partial charge in [-0.1, -0.05) is 18.2 Å². The van der Waals surface area contributed by atoms with Crippen LogP contribution in [0.4, 0.5) is 5.69 Å². The molecule has 0 unspecified atom stereocenters. The zero-order chi connectivity index (χ0) is 18.9. The van der Waals surface area contributed by atoms with Crippen molar-refractivity contribution >= 4 is 21.2 Å². The Kier molecular flexibility index (Phi) is 4.79. The standard InChI is InChI=1S/C19H24N4O2S/c1-20-18-12-19(21-2,22-3)23-17-9-8-14(11-16(17)18)13-6-5-7-15(10-13)26(4,24)25/h5-12,20-23H,1-4H3. The molecule has 6 nitrogen and oxygen atoms in total. The molecule has 1 heterocycles. The van der Waals surface area contributed by atoms with Crippen molar-refractivity contribution in [2.75, 3.05) is 32.7 Å². The molecule has 0 atom stereocenters. The van der Waals surface area contributed by atoms with Crippen LogP contribution in [0.15, 0.2) is 53.4 Å². The van der Waals surface area contributed by atoms with Crippen molar-refractivity contribution in [2.24, 2.45) is 0 Å². The first-order valence-electron chi connectivity index (χ1n) is 8.33. The number of hydrogen-bond acceptors (Lipinski definition) is 6. The monoisotopic (exact) mass is 372 g/mol. The minimum absolute atomic E-state index is 0.319. The van der Waals surface area contributed by atoms with E-state index in [2.05, 4.69) is 27.3 Å². The fourth-order valence-electron chi connectivity index (χ4n) is 3.11. The van der Waals surface area contributed by atoms with Gasteiger partial charge >= 0.3 is 0 Å². The molecule has 4 N–H and O–H groups in total. The number of benzene rings is 2. The summed E-state index contributed by atoms with van der Waals surface area (Å²) in [4.78, 5) is 0.319. The third kappa shape index (κ3) is 3.33. The molecule has 3 rings (SSSR count). The van der Waals surface area contributed by atoms with Gasteiger partial charge in [-0.25, -0.2) is 8.42 Å². The van der Waals surface area contributed by atoms with E-state index in [0.29, 0.717) is 4.90 Å². The summed E-state index contributed by atoms with van der Waals surface area (Å²) in [6, 6.07) is 13.1. The molecule has 0 aliphatic carbocycles. The topological polar surface area (TPSA) is 82.3 Å². The van der Waals surface area contributed by atoms with E-state index in [0.717, 1.165) is 28.1 Å². The number of sulfone groups is 1. The summed E-state index contributed by atoms with van der Waals surface area (Å²) in [5.41, 5.74) is 4.80. The summed E-state index contributed by atoms with van der Waals surface area (Å²) in [7, 11) is 2.40. The summed E-state index contributed by atoms with van der Waals surface area (Å²) in [5, 5.41) is 13.2. The predicted octanol–water partition coefficient (Wildman–Crippen LogP) is 1.84. The number of hydrogen-bond donors (Lipinski definition) is 4. The van der Waals surface area contributed by atoms with E-state index in [-0.39, 0.29) is 0 Å². The van der Waals surface area contributed by atoms with Gasteiger partial charge in [0.05, 0.1) is 4.90 Å². The van der Waals surface area contributed by atoms with Gasteiger partial charge in [-0.05, 0) is 55.6 Å². The Morgan fingerprint density at radius 2 is 1.65 bits per heavy atom. The van der Waals surface area contributed by atoms with Gasteiger partial charge in [0.2, 0.25) is 0 Å². The third-order valence-corrected chi connectivity index (χ3v) is 5.77. The van der Waals surface area contributed by atoms with Crippen LogP contribution in [0.25, 0.3) is 16.8 Å². The lowest BCUT2D eigenvalue weighted by atomic mass is 9.96. The van der Waals surface area contributed by atoms with E-state index in [1.807, 2.05) is 45.4 Å². The fourth-order valence-corrected chi connectivity index (χ4v) is 3.77. The van der Waals surface area contributed by atoms with Crippen LogP contribution in [0.5, 0.6) is 0 Å². The maximum Gasteiger partial charge on any atom is 0.175 e. The summed E-state index contributed by atoms with van der Waals surface area (Å²) < 4.78 is 23.7. The largest absolute Gasteiger partial charge is 0.388 e. The smallest absolute Gasteiger partial charge is 0.175 e. The van der Waals surface area contributed by atoms with Crippen molar-refractivity contribution in [1.82, 2.24) is 16.0 Å². The van der Waals surface area contributed by atoms with Gasteiger partial charge in [-0.15, -0.1) is 0 Å². The van der Waals surface area contributed by atoms with E-state index in [4.69, 9.17) is 0 Å². The van der Waals surface area contributed by atoms with Gasteiger partial charge in [-0.2, -0.15) is 0 Å². The van der Waals surface area contributed by atoms with Crippen LogP contribution in [-0.2, 0) is 9.84 Å². The van der Waals surface area contributed by atoms with Crippen molar-refractivity contribution in [2.45, 2.75) is 10.7 Å².